The number of ether oxygens (including phenoxy) is 2. The van der Waals surface area contributed by atoms with Gasteiger partial charge < -0.3 is 20.1 Å². The lowest BCUT2D eigenvalue weighted by Gasteiger charge is -2.19. The SMILES string of the molecule is COC(=O)[C@H](CNC(=O)CCNC(=O)OC(C)(C)C)NS(=O)(=O)c1ccccc1. The average Bonchev–Trinajstić information content (AvgIpc) is 2.63. The Morgan fingerprint density at radius 2 is 1.69 bits per heavy atom. The monoisotopic (exact) mass is 429 g/mol. The van der Waals surface area contributed by atoms with Gasteiger partial charge in [-0.25, -0.2) is 13.2 Å². The first-order valence-corrected chi connectivity index (χ1v) is 10.3. The number of alkyl carbamates (subject to hydrolysis) is 1. The zero-order chi connectivity index (χ0) is 22.1. The Morgan fingerprint density at radius 1 is 1.07 bits per heavy atom. The highest BCUT2D eigenvalue weighted by Crippen LogP contribution is 2.08. The number of carbonyl (C=O) groups is 3. The molecule has 0 aromatic heterocycles. The molecule has 0 fully saturated rings. The van der Waals surface area contributed by atoms with Crippen LogP contribution in [0.2, 0.25) is 0 Å². The molecule has 0 aliphatic rings. The highest BCUT2D eigenvalue weighted by Gasteiger charge is 2.27. The molecule has 2 amide bonds. The molecule has 3 N–H and O–H groups in total. The minimum Gasteiger partial charge on any atom is -0.468 e. The summed E-state index contributed by atoms with van der Waals surface area (Å²) < 4.78 is 36.6. The molecule has 11 heteroatoms. The number of nitrogens with one attached hydrogen (secondary N) is 3. The maximum Gasteiger partial charge on any atom is 0.407 e. The first kappa shape index (κ1) is 24.4. The Balaban J connectivity index is 2.56. The van der Waals surface area contributed by atoms with Crippen molar-refractivity contribution < 1.29 is 32.3 Å². The van der Waals surface area contributed by atoms with E-state index in [2.05, 4.69) is 20.1 Å². The van der Waals surface area contributed by atoms with Gasteiger partial charge in [0.05, 0.1) is 12.0 Å². The number of hydrogen-bond acceptors (Lipinski definition) is 7. The molecule has 0 saturated carbocycles. The second kappa shape index (κ2) is 10.8. The quantitative estimate of drug-likeness (QED) is 0.487. The summed E-state index contributed by atoms with van der Waals surface area (Å²) in [6.45, 7) is 4.83. The Morgan fingerprint density at radius 3 is 2.24 bits per heavy atom. The molecule has 0 bridgehead atoms. The predicted molar refractivity (Wildman–Crippen MR) is 104 cm³/mol. The van der Waals surface area contributed by atoms with Crippen LogP contribution in [0.15, 0.2) is 35.2 Å². The summed E-state index contributed by atoms with van der Waals surface area (Å²) in [7, 11) is -2.87. The summed E-state index contributed by atoms with van der Waals surface area (Å²) in [4.78, 5) is 35.3. The first-order chi connectivity index (χ1) is 13.4. The summed E-state index contributed by atoms with van der Waals surface area (Å²) in [5.41, 5.74) is -0.657. The molecule has 29 heavy (non-hydrogen) atoms. The van der Waals surface area contributed by atoms with Gasteiger partial charge in [0.25, 0.3) is 0 Å². The molecule has 1 aromatic rings. The molecular formula is C18H27N3O7S. The van der Waals surface area contributed by atoms with Crippen LogP contribution in [-0.4, -0.2) is 58.2 Å². The normalized spacial score (nSPS) is 12.6. The fourth-order valence-corrected chi connectivity index (χ4v) is 3.27. The molecule has 0 spiro atoms. The summed E-state index contributed by atoms with van der Waals surface area (Å²) in [5, 5.41) is 4.86. The summed E-state index contributed by atoms with van der Waals surface area (Å²) in [6.07, 6.45) is -0.744. The number of methoxy groups -OCH3 is 1. The number of benzene rings is 1. The van der Waals surface area contributed by atoms with Crippen molar-refractivity contribution in [2.45, 2.75) is 43.7 Å². The van der Waals surface area contributed by atoms with Crippen LogP contribution in [0.1, 0.15) is 27.2 Å². The molecule has 0 heterocycles. The van der Waals surface area contributed by atoms with E-state index in [4.69, 9.17) is 4.74 Å². The highest BCUT2D eigenvalue weighted by atomic mass is 32.2. The van der Waals surface area contributed by atoms with Crippen LogP contribution in [0, 0.1) is 0 Å². The van der Waals surface area contributed by atoms with Crippen molar-refractivity contribution in [1.29, 1.82) is 0 Å². The van der Waals surface area contributed by atoms with E-state index >= 15 is 0 Å². The van der Waals surface area contributed by atoms with Crippen LogP contribution in [0.4, 0.5) is 4.79 Å². The van der Waals surface area contributed by atoms with Gasteiger partial charge >= 0.3 is 12.1 Å². The van der Waals surface area contributed by atoms with Gasteiger partial charge in [0.1, 0.15) is 11.6 Å². The van der Waals surface area contributed by atoms with Gasteiger partial charge in [0.15, 0.2) is 0 Å². The molecule has 0 aliphatic heterocycles. The van der Waals surface area contributed by atoms with E-state index in [9.17, 15) is 22.8 Å². The van der Waals surface area contributed by atoms with Crippen molar-refractivity contribution in [3.63, 3.8) is 0 Å². The third-order valence-corrected chi connectivity index (χ3v) is 4.85. The lowest BCUT2D eigenvalue weighted by molar-refractivity contribution is -0.142. The molecular weight excluding hydrogens is 402 g/mol. The fraction of sp³-hybridized carbons (Fsp3) is 0.500. The van der Waals surface area contributed by atoms with E-state index in [1.54, 1.807) is 39.0 Å². The van der Waals surface area contributed by atoms with Gasteiger partial charge in [0.2, 0.25) is 15.9 Å². The molecule has 1 rings (SSSR count). The third kappa shape index (κ3) is 9.39. The van der Waals surface area contributed by atoms with E-state index < -0.39 is 39.6 Å². The minimum absolute atomic E-state index is 0.0133. The van der Waals surface area contributed by atoms with Crippen molar-refractivity contribution >= 4 is 28.0 Å². The van der Waals surface area contributed by atoms with Crippen LogP contribution in [-0.2, 0) is 29.1 Å². The van der Waals surface area contributed by atoms with Gasteiger partial charge in [-0.1, -0.05) is 18.2 Å². The molecule has 0 radical (unpaired) electrons. The minimum atomic E-state index is -3.98. The van der Waals surface area contributed by atoms with Crippen molar-refractivity contribution in [2.75, 3.05) is 20.2 Å². The van der Waals surface area contributed by atoms with E-state index in [1.807, 2.05) is 0 Å². The molecule has 1 aromatic carbocycles. The fourth-order valence-electron chi connectivity index (χ4n) is 2.07. The average molecular weight is 429 g/mol. The zero-order valence-electron chi connectivity index (χ0n) is 16.9. The maximum atomic E-state index is 12.4. The number of hydrogen-bond donors (Lipinski definition) is 3. The second-order valence-corrected chi connectivity index (χ2v) is 8.71. The third-order valence-electron chi connectivity index (χ3n) is 3.36. The number of amides is 2. The van der Waals surface area contributed by atoms with Crippen LogP contribution in [0.25, 0.3) is 0 Å². The van der Waals surface area contributed by atoms with Gasteiger partial charge in [-0.2, -0.15) is 4.72 Å². The topological polar surface area (TPSA) is 140 Å². The smallest absolute Gasteiger partial charge is 0.407 e. The van der Waals surface area contributed by atoms with Crippen molar-refractivity contribution in [1.82, 2.24) is 15.4 Å². The Bertz CT molecular complexity index is 804. The van der Waals surface area contributed by atoms with E-state index in [0.717, 1.165) is 7.11 Å². The number of rotatable bonds is 9. The van der Waals surface area contributed by atoms with Crippen LogP contribution < -0.4 is 15.4 Å². The Hall–Kier alpha value is -2.66. The standard InChI is InChI=1S/C18H27N3O7S/c1-18(2,3)28-17(24)19-11-10-15(22)20-12-14(16(23)27-4)21-29(25,26)13-8-6-5-7-9-13/h5-9,14,21H,10-12H2,1-4H3,(H,19,24)(H,20,22)/t14-/m0/s1. The summed E-state index contributed by atoms with van der Waals surface area (Å²) in [5.74, 6) is -1.34. The predicted octanol–water partition coefficient (Wildman–Crippen LogP) is 0.538. The maximum absolute atomic E-state index is 12.4. The second-order valence-electron chi connectivity index (χ2n) is 6.99. The molecule has 10 nitrogen and oxygen atoms in total. The Labute approximate surface area is 170 Å². The molecule has 0 saturated heterocycles. The largest absolute Gasteiger partial charge is 0.468 e. The van der Waals surface area contributed by atoms with Crippen molar-refractivity contribution in [3.8, 4) is 0 Å². The van der Waals surface area contributed by atoms with Crippen LogP contribution >= 0.6 is 0 Å². The lowest BCUT2D eigenvalue weighted by atomic mass is 10.2. The van der Waals surface area contributed by atoms with E-state index in [0.29, 0.717) is 0 Å². The summed E-state index contributed by atoms with van der Waals surface area (Å²) in [6, 6.07) is 6.17. The van der Waals surface area contributed by atoms with Crippen molar-refractivity contribution in [3.05, 3.63) is 30.3 Å². The molecule has 1 atom stereocenters. The van der Waals surface area contributed by atoms with E-state index in [-0.39, 0.29) is 24.4 Å². The zero-order valence-corrected chi connectivity index (χ0v) is 17.7. The van der Waals surface area contributed by atoms with Gasteiger partial charge in [-0.3, -0.25) is 9.59 Å². The van der Waals surface area contributed by atoms with E-state index in [1.165, 1.54) is 12.1 Å². The van der Waals surface area contributed by atoms with Crippen LogP contribution in [0.3, 0.4) is 0 Å². The molecule has 0 unspecified atom stereocenters. The van der Waals surface area contributed by atoms with Gasteiger partial charge in [0, 0.05) is 19.5 Å². The highest BCUT2D eigenvalue weighted by molar-refractivity contribution is 7.89. The molecule has 162 valence electrons. The summed E-state index contributed by atoms with van der Waals surface area (Å²) >= 11 is 0. The van der Waals surface area contributed by atoms with Gasteiger partial charge in [-0.05, 0) is 32.9 Å². The van der Waals surface area contributed by atoms with Gasteiger partial charge in [-0.15, -0.1) is 0 Å². The number of esters is 1. The molecule has 0 aliphatic carbocycles. The van der Waals surface area contributed by atoms with Crippen molar-refractivity contribution in [2.24, 2.45) is 0 Å². The van der Waals surface area contributed by atoms with Crippen LogP contribution in [0.5, 0.6) is 0 Å². The first-order valence-electron chi connectivity index (χ1n) is 8.83. The number of carbonyl (C=O) groups excluding carboxylic acids is 3. The number of sulfonamides is 1. The Kier molecular flexibility index (Phi) is 9.05. The lowest BCUT2D eigenvalue weighted by Crippen LogP contribution is -2.49.